The van der Waals surface area contributed by atoms with Crippen LogP contribution >= 0.6 is 11.6 Å². The van der Waals surface area contributed by atoms with Crippen molar-refractivity contribution >= 4 is 11.6 Å². The van der Waals surface area contributed by atoms with E-state index < -0.39 is 0 Å². The predicted molar refractivity (Wildman–Crippen MR) is 74.2 cm³/mol. The molecule has 2 N–H and O–H groups in total. The molecule has 1 aromatic heterocycles. The lowest BCUT2D eigenvalue weighted by Crippen LogP contribution is -2.39. The molecule has 1 aromatic carbocycles. The molecule has 0 saturated carbocycles. The lowest BCUT2D eigenvalue weighted by atomic mass is 10.1. The number of ether oxygens (including phenoxy) is 1. The Morgan fingerprint density at radius 3 is 2.89 bits per heavy atom. The van der Waals surface area contributed by atoms with E-state index in [1.165, 1.54) is 6.33 Å². The number of aromatic nitrogens is 3. The molecule has 0 amide bonds. The number of aryl methyl sites for hydroxylation is 1. The van der Waals surface area contributed by atoms with E-state index in [9.17, 15) is 0 Å². The highest BCUT2D eigenvalue weighted by molar-refractivity contribution is 6.30. The van der Waals surface area contributed by atoms with Crippen molar-refractivity contribution in [1.82, 2.24) is 14.8 Å². The predicted octanol–water partition coefficient (Wildman–Crippen LogP) is 1.81. The molecule has 1 heterocycles. The fourth-order valence-corrected chi connectivity index (χ4v) is 1.90. The van der Waals surface area contributed by atoms with Gasteiger partial charge in [0.25, 0.3) is 0 Å². The molecule has 0 radical (unpaired) electrons. The average Bonchev–Trinajstić information content (AvgIpc) is 2.75. The molecule has 102 valence electrons. The molecule has 5 nitrogen and oxygen atoms in total. The molecule has 0 bridgehead atoms. The van der Waals surface area contributed by atoms with Gasteiger partial charge in [-0.15, -0.1) is 0 Å². The van der Waals surface area contributed by atoms with Gasteiger partial charge in [0.15, 0.2) is 0 Å². The summed E-state index contributed by atoms with van der Waals surface area (Å²) in [5.41, 5.74) is 6.12. The van der Waals surface area contributed by atoms with Crippen molar-refractivity contribution in [3.05, 3.63) is 41.4 Å². The number of halogens is 1. The molecule has 2 rings (SSSR count). The third-order valence-electron chi connectivity index (χ3n) is 2.94. The molecule has 0 aliphatic carbocycles. The minimum Gasteiger partial charge on any atom is -0.489 e. The highest BCUT2D eigenvalue weighted by atomic mass is 35.5. The summed E-state index contributed by atoms with van der Waals surface area (Å²) in [4.78, 5) is 4.15. The van der Waals surface area contributed by atoms with Gasteiger partial charge in [-0.1, -0.05) is 17.7 Å². The fourth-order valence-electron chi connectivity index (χ4n) is 1.72. The van der Waals surface area contributed by atoms with Crippen molar-refractivity contribution in [2.75, 3.05) is 0 Å². The third kappa shape index (κ3) is 3.68. The number of nitrogens with two attached hydrogens (primary N) is 1. The van der Waals surface area contributed by atoms with Crippen LogP contribution in [0, 0.1) is 0 Å². The summed E-state index contributed by atoms with van der Waals surface area (Å²) >= 11 is 5.91. The Balaban J connectivity index is 1.96. The zero-order valence-corrected chi connectivity index (χ0v) is 11.7. The molecule has 0 spiro atoms. The zero-order chi connectivity index (χ0) is 13.8. The van der Waals surface area contributed by atoms with Crippen molar-refractivity contribution in [3.63, 3.8) is 0 Å². The number of benzene rings is 1. The largest absolute Gasteiger partial charge is 0.489 e. The Bertz CT molecular complexity index is 543. The summed E-state index contributed by atoms with van der Waals surface area (Å²) < 4.78 is 7.49. The fraction of sp³-hybridized carbons (Fsp3) is 0.385. The Hall–Kier alpha value is -1.59. The maximum Gasteiger partial charge on any atom is 0.138 e. The van der Waals surface area contributed by atoms with Gasteiger partial charge in [-0.2, -0.15) is 5.10 Å². The lowest BCUT2D eigenvalue weighted by molar-refractivity contribution is 0.187. The highest BCUT2D eigenvalue weighted by Crippen LogP contribution is 2.19. The molecular weight excluding hydrogens is 264 g/mol. The van der Waals surface area contributed by atoms with E-state index in [1.807, 2.05) is 26.1 Å². The van der Waals surface area contributed by atoms with Crippen molar-refractivity contribution in [1.29, 1.82) is 0 Å². The van der Waals surface area contributed by atoms with Crippen molar-refractivity contribution in [2.45, 2.75) is 25.5 Å². The minimum absolute atomic E-state index is 0.143. The molecule has 19 heavy (non-hydrogen) atoms. The molecule has 0 aliphatic heterocycles. The lowest BCUT2D eigenvalue weighted by Gasteiger charge is -2.21. The Kier molecular flexibility index (Phi) is 4.39. The van der Waals surface area contributed by atoms with Crippen molar-refractivity contribution in [3.8, 4) is 5.75 Å². The quantitative estimate of drug-likeness (QED) is 0.907. The van der Waals surface area contributed by atoms with Gasteiger partial charge in [-0.25, -0.2) is 4.98 Å². The molecule has 0 aliphatic rings. The van der Waals surface area contributed by atoms with E-state index >= 15 is 0 Å². The summed E-state index contributed by atoms with van der Waals surface area (Å²) in [5, 5.41) is 4.66. The van der Waals surface area contributed by atoms with E-state index in [0.717, 1.165) is 5.82 Å². The van der Waals surface area contributed by atoms with Crippen LogP contribution in [-0.2, 0) is 13.5 Å². The monoisotopic (exact) mass is 280 g/mol. The second kappa shape index (κ2) is 6.04. The van der Waals surface area contributed by atoms with Crippen LogP contribution in [0.25, 0.3) is 0 Å². The topological polar surface area (TPSA) is 66.0 Å². The normalized spacial score (nSPS) is 14.1. The SMILES string of the molecule is CC(Oc1cccc(Cl)c1)C(N)Cc1ncnn1C. The third-order valence-corrected chi connectivity index (χ3v) is 3.18. The zero-order valence-electron chi connectivity index (χ0n) is 11.0. The number of rotatable bonds is 5. The number of nitrogens with zero attached hydrogens (tertiary/aromatic N) is 3. The van der Waals surface area contributed by atoms with Crippen LogP contribution in [0.4, 0.5) is 0 Å². The average molecular weight is 281 g/mol. The van der Waals surface area contributed by atoms with Crippen LogP contribution in [0.5, 0.6) is 5.75 Å². The van der Waals surface area contributed by atoms with E-state index in [2.05, 4.69) is 10.1 Å². The van der Waals surface area contributed by atoms with Crippen LogP contribution in [0.3, 0.4) is 0 Å². The molecule has 0 saturated heterocycles. The van der Waals surface area contributed by atoms with Crippen molar-refractivity contribution < 1.29 is 4.74 Å². The molecule has 2 aromatic rings. The Morgan fingerprint density at radius 1 is 1.47 bits per heavy atom. The van der Waals surface area contributed by atoms with E-state index in [4.69, 9.17) is 22.1 Å². The second-order valence-electron chi connectivity index (χ2n) is 4.45. The smallest absolute Gasteiger partial charge is 0.138 e. The maximum absolute atomic E-state index is 6.12. The highest BCUT2D eigenvalue weighted by Gasteiger charge is 2.17. The minimum atomic E-state index is -0.165. The summed E-state index contributed by atoms with van der Waals surface area (Å²) in [6.45, 7) is 1.93. The van der Waals surface area contributed by atoms with Gasteiger partial charge in [0.1, 0.15) is 24.0 Å². The standard InChI is InChI=1S/C13H17ClN4O/c1-9(19-11-5-3-4-10(14)6-11)12(15)7-13-16-8-17-18(13)2/h3-6,8-9,12H,7,15H2,1-2H3. The van der Waals surface area contributed by atoms with Crippen LogP contribution in [0.15, 0.2) is 30.6 Å². The van der Waals surface area contributed by atoms with Gasteiger partial charge in [0.05, 0.1) is 0 Å². The summed E-state index contributed by atoms with van der Waals surface area (Å²) in [6, 6.07) is 7.11. The Morgan fingerprint density at radius 2 is 2.26 bits per heavy atom. The molecular formula is C13H17ClN4O. The molecule has 2 unspecified atom stereocenters. The first-order valence-corrected chi connectivity index (χ1v) is 6.44. The first-order chi connectivity index (χ1) is 9.06. The molecule has 2 atom stereocenters. The second-order valence-corrected chi connectivity index (χ2v) is 4.88. The van der Waals surface area contributed by atoms with E-state index in [1.54, 1.807) is 16.8 Å². The maximum atomic E-state index is 6.12. The Labute approximate surface area is 117 Å². The van der Waals surface area contributed by atoms with Gasteiger partial charge in [0.2, 0.25) is 0 Å². The van der Waals surface area contributed by atoms with Gasteiger partial charge in [0, 0.05) is 24.5 Å². The van der Waals surface area contributed by atoms with Crippen LogP contribution in [0.1, 0.15) is 12.7 Å². The summed E-state index contributed by atoms with van der Waals surface area (Å²) in [6.07, 6.45) is 1.98. The van der Waals surface area contributed by atoms with Gasteiger partial charge in [-0.05, 0) is 25.1 Å². The number of hydrogen-bond donors (Lipinski definition) is 1. The number of hydrogen-bond acceptors (Lipinski definition) is 4. The molecule has 6 heteroatoms. The van der Waals surface area contributed by atoms with Crippen LogP contribution < -0.4 is 10.5 Å². The van der Waals surface area contributed by atoms with Gasteiger partial charge in [-0.3, -0.25) is 4.68 Å². The summed E-state index contributed by atoms with van der Waals surface area (Å²) in [7, 11) is 1.84. The van der Waals surface area contributed by atoms with Crippen LogP contribution in [-0.4, -0.2) is 26.9 Å². The van der Waals surface area contributed by atoms with Gasteiger partial charge < -0.3 is 10.5 Å². The summed E-state index contributed by atoms with van der Waals surface area (Å²) in [5.74, 6) is 1.56. The van der Waals surface area contributed by atoms with Crippen LogP contribution in [0.2, 0.25) is 5.02 Å². The van der Waals surface area contributed by atoms with E-state index in [0.29, 0.717) is 17.2 Å². The van der Waals surface area contributed by atoms with Crippen molar-refractivity contribution in [2.24, 2.45) is 12.8 Å². The van der Waals surface area contributed by atoms with Gasteiger partial charge >= 0.3 is 0 Å². The first kappa shape index (κ1) is 13.8. The first-order valence-electron chi connectivity index (χ1n) is 6.07. The van der Waals surface area contributed by atoms with E-state index in [-0.39, 0.29) is 12.1 Å². The molecule has 0 fully saturated rings.